The molecule has 3 rings (SSSR count). The number of aromatic nitrogens is 3. The smallest absolute Gasteiger partial charge is 0.317 e. The molecule has 106 valence electrons. The van der Waals surface area contributed by atoms with Crippen LogP contribution in [0.1, 0.15) is 36.8 Å². The van der Waals surface area contributed by atoms with Gasteiger partial charge in [0.05, 0.1) is 12.5 Å². The maximum Gasteiger partial charge on any atom is 0.393 e. The van der Waals surface area contributed by atoms with Crippen LogP contribution in [-0.4, -0.2) is 34.0 Å². The highest BCUT2D eigenvalue weighted by atomic mass is 19.4. The molecule has 1 aromatic heterocycles. The van der Waals surface area contributed by atoms with E-state index < -0.39 is 12.1 Å². The van der Waals surface area contributed by atoms with Gasteiger partial charge in [-0.25, -0.2) is 9.67 Å². The largest absolute Gasteiger partial charge is 0.393 e. The van der Waals surface area contributed by atoms with Crippen molar-refractivity contribution < 1.29 is 13.2 Å². The molecule has 0 radical (unpaired) electrons. The lowest BCUT2D eigenvalue weighted by molar-refractivity contribution is -0.182. The van der Waals surface area contributed by atoms with Crippen molar-refractivity contribution in [3.63, 3.8) is 0 Å². The molecule has 4 nitrogen and oxygen atoms in total. The highest BCUT2D eigenvalue weighted by Gasteiger charge is 2.42. The molecular weight excluding hydrogens is 257 g/mol. The second-order valence-corrected chi connectivity index (χ2v) is 5.37. The van der Waals surface area contributed by atoms with Gasteiger partial charge in [-0.3, -0.25) is 0 Å². The van der Waals surface area contributed by atoms with E-state index in [1.54, 1.807) is 0 Å². The highest BCUT2D eigenvalue weighted by Crippen LogP contribution is 2.34. The normalized spacial score (nSPS) is 25.3. The number of fused-ring (bicyclic) bond motifs is 1. The van der Waals surface area contributed by atoms with Crippen molar-refractivity contribution in [1.29, 1.82) is 0 Å². The van der Waals surface area contributed by atoms with Crippen LogP contribution < -0.4 is 5.32 Å². The molecule has 1 N–H and O–H groups in total. The third kappa shape index (κ3) is 2.61. The average Bonchev–Trinajstić information content (AvgIpc) is 2.81. The lowest BCUT2D eigenvalue weighted by Gasteiger charge is -2.24. The molecule has 3 heterocycles. The summed E-state index contributed by atoms with van der Waals surface area (Å²) in [6.07, 6.45) is -1.69. The predicted octanol–water partition coefficient (Wildman–Crippen LogP) is 1.87. The van der Waals surface area contributed by atoms with Gasteiger partial charge in [-0.2, -0.15) is 18.3 Å². The van der Waals surface area contributed by atoms with Gasteiger partial charge in [0, 0.05) is 12.3 Å². The molecule has 19 heavy (non-hydrogen) atoms. The highest BCUT2D eigenvalue weighted by molar-refractivity contribution is 5.03. The van der Waals surface area contributed by atoms with Crippen LogP contribution in [0, 0.1) is 5.92 Å². The summed E-state index contributed by atoms with van der Waals surface area (Å²) in [6, 6.07) is 0. The molecule has 1 fully saturated rings. The maximum absolute atomic E-state index is 12.7. The Morgan fingerprint density at radius 1 is 1.16 bits per heavy atom. The molecule has 0 aliphatic carbocycles. The molecule has 0 aromatic carbocycles. The zero-order chi connectivity index (χ0) is 13.5. The molecular formula is C12H17F3N4. The summed E-state index contributed by atoms with van der Waals surface area (Å²) in [4.78, 5) is 4.45. The quantitative estimate of drug-likeness (QED) is 0.850. The third-order valence-corrected chi connectivity index (χ3v) is 4.04. The summed E-state index contributed by atoms with van der Waals surface area (Å²) in [6.45, 7) is 1.79. The molecule has 1 aromatic rings. The fraction of sp³-hybridized carbons (Fsp3) is 0.833. The number of halogens is 3. The Hall–Kier alpha value is -1.11. The second kappa shape index (κ2) is 4.77. The minimum Gasteiger partial charge on any atom is -0.317 e. The Labute approximate surface area is 109 Å². The Morgan fingerprint density at radius 2 is 1.89 bits per heavy atom. The van der Waals surface area contributed by atoms with E-state index in [2.05, 4.69) is 15.4 Å². The van der Waals surface area contributed by atoms with E-state index in [9.17, 15) is 13.2 Å². The van der Waals surface area contributed by atoms with Gasteiger partial charge in [-0.05, 0) is 32.4 Å². The molecule has 2 aliphatic heterocycles. The Bertz CT molecular complexity index is 448. The predicted molar refractivity (Wildman–Crippen MR) is 62.7 cm³/mol. The van der Waals surface area contributed by atoms with Crippen LogP contribution in [0.4, 0.5) is 13.2 Å². The van der Waals surface area contributed by atoms with Crippen molar-refractivity contribution in [2.75, 3.05) is 13.1 Å². The van der Waals surface area contributed by atoms with Crippen molar-refractivity contribution in [3.05, 3.63) is 11.6 Å². The van der Waals surface area contributed by atoms with Gasteiger partial charge in [-0.15, -0.1) is 0 Å². The topological polar surface area (TPSA) is 42.7 Å². The number of piperidine rings is 1. The first-order chi connectivity index (χ1) is 9.04. The summed E-state index contributed by atoms with van der Waals surface area (Å²) in [5.41, 5.74) is 0. The summed E-state index contributed by atoms with van der Waals surface area (Å²) >= 11 is 0. The van der Waals surface area contributed by atoms with Gasteiger partial charge in [0.25, 0.3) is 0 Å². The number of nitrogens with one attached hydrogen (secondary N) is 1. The first-order valence-corrected chi connectivity index (χ1v) is 6.75. The molecule has 1 unspecified atom stereocenters. The van der Waals surface area contributed by atoms with E-state index >= 15 is 0 Å². The lowest BCUT2D eigenvalue weighted by atomic mass is 9.97. The molecule has 2 aliphatic rings. The van der Waals surface area contributed by atoms with Gasteiger partial charge < -0.3 is 5.32 Å². The number of alkyl halides is 3. The molecule has 0 saturated carbocycles. The summed E-state index contributed by atoms with van der Waals surface area (Å²) in [5.74, 6) is 0.472. The fourth-order valence-corrected chi connectivity index (χ4v) is 2.85. The van der Waals surface area contributed by atoms with Crippen LogP contribution in [0.3, 0.4) is 0 Å². The van der Waals surface area contributed by atoms with Crippen molar-refractivity contribution in [1.82, 2.24) is 20.1 Å². The first-order valence-electron chi connectivity index (χ1n) is 6.75. The number of hydrogen-bond donors (Lipinski definition) is 1. The van der Waals surface area contributed by atoms with E-state index in [0.717, 1.165) is 31.8 Å². The van der Waals surface area contributed by atoms with E-state index in [1.807, 2.05) is 0 Å². The SMILES string of the molecule is FC(F)(F)C1CCc2nc(C3CCNCC3)nn2C1. The van der Waals surface area contributed by atoms with Crippen molar-refractivity contribution in [2.45, 2.75) is 44.3 Å². The monoisotopic (exact) mass is 274 g/mol. The van der Waals surface area contributed by atoms with Crippen LogP contribution >= 0.6 is 0 Å². The van der Waals surface area contributed by atoms with Crippen molar-refractivity contribution in [3.8, 4) is 0 Å². The van der Waals surface area contributed by atoms with Gasteiger partial charge in [0.2, 0.25) is 0 Å². The van der Waals surface area contributed by atoms with Crippen LogP contribution in [-0.2, 0) is 13.0 Å². The fourth-order valence-electron chi connectivity index (χ4n) is 2.85. The van der Waals surface area contributed by atoms with Crippen LogP contribution in [0.2, 0.25) is 0 Å². The van der Waals surface area contributed by atoms with Crippen molar-refractivity contribution >= 4 is 0 Å². The second-order valence-electron chi connectivity index (χ2n) is 5.37. The van der Waals surface area contributed by atoms with E-state index in [4.69, 9.17) is 0 Å². The Balaban J connectivity index is 1.77. The molecule has 0 amide bonds. The zero-order valence-electron chi connectivity index (χ0n) is 10.6. The number of rotatable bonds is 1. The maximum atomic E-state index is 12.7. The molecule has 7 heteroatoms. The van der Waals surface area contributed by atoms with Gasteiger partial charge in [0.1, 0.15) is 5.82 Å². The van der Waals surface area contributed by atoms with Gasteiger partial charge >= 0.3 is 6.18 Å². The standard InChI is InChI=1S/C12H17F3N4/c13-12(14,15)9-1-2-10-17-11(18-19(10)7-9)8-3-5-16-6-4-8/h8-9,16H,1-7H2. The summed E-state index contributed by atoms with van der Waals surface area (Å²) in [5, 5.41) is 7.58. The zero-order valence-corrected chi connectivity index (χ0v) is 10.6. The van der Waals surface area contributed by atoms with Crippen LogP contribution in [0.5, 0.6) is 0 Å². The molecule has 0 spiro atoms. The average molecular weight is 274 g/mol. The number of hydrogen-bond acceptors (Lipinski definition) is 3. The third-order valence-electron chi connectivity index (χ3n) is 4.04. The van der Waals surface area contributed by atoms with E-state index in [0.29, 0.717) is 18.2 Å². The summed E-state index contributed by atoms with van der Waals surface area (Å²) in [7, 11) is 0. The van der Waals surface area contributed by atoms with Gasteiger partial charge in [-0.1, -0.05) is 0 Å². The van der Waals surface area contributed by atoms with Crippen LogP contribution in [0.15, 0.2) is 0 Å². The van der Waals surface area contributed by atoms with Crippen LogP contribution in [0.25, 0.3) is 0 Å². The van der Waals surface area contributed by atoms with E-state index in [-0.39, 0.29) is 13.0 Å². The van der Waals surface area contributed by atoms with Crippen molar-refractivity contribution in [2.24, 2.45) is 5.92 Å². The minimum absolute atomic E-state index is 0.0726. The number of nitrogens with zero attached hydrogens (tertiary/aromatic N) is 3. The molecule has 1 saturated heterocycles. The summed E-state index contributed by atoms with van der Waals surface area (Å²) < 4.78 is 39.7. The minimum atomic E-state index is -4.13. The Morgan fingerprint density at radius 3 is 2.58 bits per heavy atom. The molecule has 0 bridgehead atoms. The number of aryl methyl sites for hydroxylation is 1. The van der Waals surface area contributed by atoms with E-state index in [1.165, 1.54) is 4.68 Å². The molecule has 1 atom stereocenters. The first kappa shape index (κ1) is 12.9. The van der Waals surface area contributed by atoms with Gasteiger partial charge in [0.15, 0.2) is 5.82 Å². The lowest BCUT2D eigenvalue weighted by Crippen LogP contribution is -2.32. The Kier molecular flexibility index (Phi) is 3.24.